The molecule has 2 aromatic carbocycles. The Bertz CT molecular complexity index is 655. The summed E-state index contributed by atoms with van der Waals surface area (Å²) in [5.41, 5.74) is 1.62. The number of amides is 1. The zero-order valence-corrected chi connectivity index (χ0v) is 12.7. The number of aliphatic carboxylic acids is 1. The van der Waals surface area contributed by atoms with Crippen LogP contribution in [0.2, 0.25) is 0 Å². The van der Waals surface area contributed by atoms with Crippen molar-refractivity contribution in [1.82, 2.24) is 0 Å². The van der Waals surface area contributed by atoms with Gasteiger partial charge in [-0.25, -0.2) is 0 Å². The van der Waals surface area contributed by atoms with E-state index in [1.54, 1.807) is 12.1 Å². The summed E-state index contributed by atoms with van der Waals surface area (Å²) >= 11 is 0. The normalized spacial score (nSPS) is 10.1. The first-order valence-electron chi connectivity index (χ1n) is 7.42. The predicted molar refractivity (Wildman–Crippen MR) is 87.3 cm³/mol. The summed E-state index contributed by atoms with van der Waals surface area (Å²) in [4.78, 5) is 22.3. The van der Waals surface area contributed by atoms with E-state index in [1.165, 1.54) is 0 Å². The first-order valence-corrected chi connectivity index (χ1v) is 7.42. The average molecular weight is 313 g/mol. The fourth-order valence-corrected chi connectivity index (χ4v) is 2.04. The molecule has 1 amide bonds. The van der Waals surface area contributed by atoms with Crippen LogP contribution in [0, 0.1) is 0 Å². The number of rotatable bonds is 8. The lowest BCUT2D eigenvalue weighted by Gasteiger charge is -2.12. The highest BCUT2D eigenvalue weighted by Crippen LogP contribution is 2.25. The summed E-state index contributed by atoms with van der Waals surface area (Å²) in [7, 11) is 0. The van der Waals surface area contributed by atoms with Gasteiger partial charge >= 0.3 is 5.97 Å². The highest BCUT2D eigenvalue weighted by atomic mass is 16.5. The maximum atomic E-state index is 11.9. The molecule has 0 spiro atoms. The summed E-state index contributed by atoms with van der Waals surface area (Å²) in [6.45, 7) is 0.409. The van der Waals surface area contributed by atoms with Crippen molar-refractivity contribution in [3.8, 4) is 5.75 Å². The van der Waals surface area contributed by atoms with Gasteiger partial charge in [0.25, 0.3) is 0 Å². The van der Waals surface area contributed by atoms with Crippen LogP contribution in [0.15, 0.2) is 54.6 Å². The fourth-order valence-electron chi connectivity index (χ4n) is 2.04. The van der Waals surface area contributed by atoms with Gasteiger partial charge < -0.3 is 15.2 Å². The van der Waals surface area contributed by atoms with Crippen LogP contribution in [0.5, 0.6) is 5.75 Å². The van der Waals surface area contributed by atoms with Crippen LogP contribution in [-0.4, -0.2) is 17.0 Å². The molecule has 0 fully saturated rings. The largest absolute Gasteiger partial charge is 0.487 e. The summed E-state index contributed by atoms with van der Waals surface area (Å²) < 4.78 is 5.76. The second kappa shape index (κ2) is 8.58. The van der Waals surface area contributed by atoms with Crippen molar-refractivity contribution in [1.29, 1.82) is 0 Å². The number of carboxylic acid groups (broad SMARTS) is 1. The Labute approximate surface area is 134 Å². The SMILES string of the molecule is O=C(O)CCCC(=O)Nc1ccccc1OCc1ccccc1. The monoisotopic (exact) mass is 313 g/mol. The third-order valence-electron chi connectivity index (χ3n) is 3.19. The highest BCUT2D eigenvalue weighted by molar-refractivity contribution is 5.92. The van der Waals surface area contributed by atoms with E-state index in [9.17, 15) is 9.59 Å². The molecule has 2 aromatic rings. The van der Waals surface area contributed by atoms with Gasteiger partial charge in [0.1, 0.15) is 12.4 Å². The van der Waals surface area contributed by atoms with Gasteiger partial charge in [-0.2, -0.15) is 0 Å². The topological polar surface area (TPSA) is 75.6 Å². The van der Waals surface area contributed by atoms with Gasteiger partial charge in [0, 0.05) is 12.8 Å². The minimum Gasteiger partial charge on any atom is -0.487 e. The molecule has 2 N–H and O–H groups in total. The molecule has 0 heterocycles. The van der Waals surface area contributed by atoms with Crippen LogP contribution in [0.4, 0.5) is 5.69 Å². The quantitative estimate of drug-likeness (QED) is 0.782. The second-order valence-electron chi connectivity index (χ2n) is 5.07. The molecule has 0 aliphatic carbocycles. The van der Waals surface area contributed by atoms with Gasteiger partial charge in [-0.05, 0) is 24.1 Å². The second-order valence-corrected chi connectivity index (χ2v) is 5.07. The number of benzene rings is 2. The molecule has 2 rings (SSSR count). The number of hydrogen-bond acceptors (Lipinski definition) is 3. The van der Waals surface area contributed by atoms with E-state index in [4.69, 9.17) is 9.84 Å². The van der Waals surface area contributed by atoms with E-state index in [1.807, 2.05) is 42.5 Å². The molecule has 0 radical (unpaired) electrons. The van der Waals surface area contributed by atoms with E-state index in [0.717, 1.165) is 5.56 Å². The van der Waals surface area contributed by atoms with Crippen LogP contribution >= 0.6 is 0 Å². The molecule has 23 heavy (non-hydrogen) atoms. The maximum absolute atomic E-state index is 11.9. The first kappa shape index (κ1) is 16.5. The van der Waals surface area contributed by atoms with Gasteiger partial charge in [0.15, 0.2) is 0 Å². The summed E-state index contributed by atoms with van der Waals surface area (Å²) in [5, 5.41) is 11.4. The Kier molecular flexibility index (Phi) is 6.17. The molecule has 0 bridgehead atoms. The van der Waals surface area contributed by atoms with Gasteiger partial charge in [0.2, 0.25) is 5.91 Å². The van der Waals surface area contributed by atoms with Crippen molar-refractivity contribution >= 4 is 17.6 Å². The van der Waals surface area contributed by atoms with Crippen LogP contribution in [0.3, 0.4) is 0 Å². The van der Waals surface area contributed by atoms with Crippen molar-refractivity contribution in [2.75, 3.05) is 5.32 Å². The molecule has 0 aliphatic rings. The highest BCUT2D eigenvalue weighted by Gasteiger charge is 2.08. The number of carbonyl (C=O) groups excluding carboxylic acids is 1. The number of carboxylic acids is 1. The van der Waals surface area contributed by atoms with Gasteiger partial charge in [-0.3, -0.25) is 9.59 Å². The number of nitrogens with one attached hydrogen (secondary N) is 1. The third-order valence-corrected chi connectivity index (χ3v) is 3.19. The Hall–Kier alpha value is -2.82. The number of hydrogen-bond donors (Lipinski definition) is 2. The predicted octanol–water partition coefficient (Wildman–Crippen LogP) is 3.46. The molecule has 0 aromatic heterocycles. The van der Waals surface area contributed by atoms with Crippen molar-refractivity contribution in [3.05, 3.63) is 60.2 Å². The Morgan fingerprint density at radius 1 is 0.957 bits per heavy atom. The van der Waals surface area contributed by atoms with E-state index in [2.05, 4.69) is 5.32 Å². The zero-order chi connectivity index (χ0) is 16.5. The number of anilines is 1. The van der Waals surface area contributed by atoms with Crippen LogP contribution in [-0.2, 0) is 16.2 Å². The lowest BCUT2D eigenvalue weighted by molar-refractivity contribution is -0.137. The van der Waals surface area contributed by atoms with Crippen molar-refractivity contribution in [3.63, 3.8) is 0 Å². The standard InChI is InChI=1S/C18H19NO4/c20-17(11-6-12-18(21)22)19-15-9-4-5-10-16(15)23-13-14-7-2-1-3-8-14/h1-5,7-10H,6,11-13H2,(H,19,20)(H,21,22). The fraction of sp³-hybridized carbons (Fsp3) is 0.222. The summed E-state index contributed by atoms with van der Waals surface area (Å²) in [5.74, 6) is -0.533. The lowest BCUT2D eigenvalue weighted by Crippen LogP contribution is -2.13. The van der Waals surface area contributed by atoms with Gasteiger partial charge in [-0.15, -0.1) is 0 Å². The van der Waals surface area contributed by atoms with Gasteiger partial charge in [0.05, 0.1) is 5.69 Å². The van der Waals surface area contributed by atoms with E-state index in [-0.39, 0.29) is 18.7 Å². The molecule has 5 heteroatoms. The number of ether oxygens (including phenoxy) is 1. The molecule has 0 aliphatic heterocycles. The smallest absolute Gasteiger partial charge is 0.303 e. The van der Waals surface area contributed by atoms with Crippen molar-refractivity contribution < 1.29 is 19.4 Å². The zero-order valence-electron chi connectivity index (χ0n) is 12.7. The lowest BCUT2D eigenvalue weighted by atomic mass is 10.2. The molecule has 0 saturated heterocycles. The van der Waals surface area contributed by atoms with Crippen LogP contribution < -0.4 is 10.1 Å². The van der Waals surface area contributed by atoms with Crippen LogP contribution in [0.25, 0.3) is 0 Å². The Balaban J connectivity index is 1.92. The Morgan fingerprint density at radius 3 is 2.39 bits per heavy atom. The summed E-state index contributed by atoms with van der Waals surface area (Å²) in [6.07, 6.45) is 0.465. The van der Waals surface area contributed by atoms with E-state index in [0.29, 0.717) is 24.5 Å². The Morgan fingerprint density at radius 2 is 1.65 bits per heavy atom. The van der Waals surface area contributed by atoms with E-state index < -0.39 is 5.97 Å². The molecule has 5 nitrogen and oxygen atoms in total. The van der Waals surface area contributed by atoms with Gasteiger partial charge in [-0.1, -0.05) is 42.5 Å². The number of carbonyl (C=O) groups is 2. The van der Waals surface area contributed by atoms with E-state index >= 15 is 0 Å². The first-order chi connectivity index (χ1) is 11.1. The van der Waals surface area contributed by atoms with Crippen molar-refractivity contribution in [2.24, 2.45) is 0 Å². The molecule has 0 atom stereocenters. The molecular formula is C18H19NO4. The molecule has 120 valence electrons. The molecule has 0 saturated carbocycles. The number of para-hydroxylation sites is 2. The maximum Gasteiger partial charge on any atom is 0.303 e. The summed E-state index contributed by atoms with van der Waals surface area (Å²) in [6, 6.07) is 16.9. The molecular weight excluding hydrogens is 294 g/mol. The minimum atomic E-state index is -0.899. The van der Waals surface area contributed by atoms with Crippen LogP contribution in [0.1, 0.15) is 24.8 Å². The average Bonchev–Trinajstić information content (AvgIpc) is 2.54. The molecule has 0 unspecified atom stereocenters. The third kappa shape index (κ3) is 5.82. The minimum absolute atomic E-state index is 0.0143. The van der Waals surface area contributed by atoms with Crippen molar-refractivity contribution in [2.45, 2.75) is 25.9 Å².